The molecule has 1 amide bonds. The number of amides is 1. The van der Waals surface area contributed by atoms with Crippen molar-refractivity contribution in [3.63, 3.8) is 0 Å². The topological polar surface area (TPSA) is 67.4 Å². The van der Waals surface area contributed by atoms with Crippen molar-refractivity contribution in [1.29, 1.82) is 0 Å². The van der Waals surface area contributed by atoms with E-state index in [0.717, 1.165) is 32.0 Å². The number of ketones is 1. The SMILES string of the molecule is COc1ccc(C(=O)CCC(=O)N[C@H]2CCCNC2)cc1F. The normalized spacial score (nSPS) is 17.8. The zero-order chi connectivity index (χ0) is 15.9. The van der Waals surface area contributed by atoms with Crippen molar-refractivity contribution < 1.29 is 18.7 Å². The highest BCUT2D eigenvalue weighted by atomic mass is 19.1. The monoisotopic (exact) mass is 308 g/mol. The molecule has 1 fully saturated rings. The summed E-state index contributed by atoms with van der Waals surface area (Å²) in [5.74, 6) is -0.875. The first kappa shape index (κ1) is 16.4. The van der Waals surface area contributed by atoms with Crippen molar-refractivity contribution in [1.82, 2.24) is 10.6 Å². The largest absolute Gasteiger partial charge is 0.494 e. The van der Waals surface area contributed by atoms with Crippen LogP contribution in [0, 0.1) is 5.82 Å². The van der Waals surface area contributed by atoms with Gasteiger partial charge in [0.25, 0.3) is 0 Å². The Morgan fingerprint density at radius 3 is 2.86 bits per heavy atom. The number of rotatable bonds is 6. The average Bonchev–Trinajstić information content (AvgIpc) is 2.53. The number of halogens is 1. The number of hydrogen-bond acceptors (Lipinski definition) is 4. The summed E-state index contributed by atoms with van der Waals surface area (Å²) in [4.78, 5) is 23.8. The van der Waals surface area contributed by atoms with E-state index in [1.807, 2.05) is 0 Å². The van der Waals surface area contributed by atoms with Gasteiger partial charge >= 0.3 is 0 Å². The van der Waals surface area contributed by atoms with Gasteiger partial charge in [0.05, 0.1) is 7.11 Å². The van der Waals surface area contributed by atoms with Gasteiger partial charge < -0.3 is 15.4 Å². The summed E-state index contributed by atoms with van der Waals surface area (Å²) >= 11 is 0. The van der Waals surface area contributed by atoms with E-state index < -0.39 is 5.82 Å². The van der Waals surface area contributed by atoms with Crippen LogP contribution < -0.4 is 15.4 Å². The molecule has 0 aliphatic carbocycles. The molecular weight excluding hydrogens is 287 g/mol. The molecule has 1 aliphatic rings. The molecule has 120 valence electrons. The lowest BCUT2D eigenvalue weighted by Crippen LogP contribution is -2.45. The van der Waals surface area contributed by atoms with Crippen molar-refractivity contribution in [3.8, 4) is 5.75 Å². The molecule has 1 aromatic carbocycles. The number of ether oxygens (including phenoxy) is 1. The molecule has 1 aromatic rings. The van der Waals surface area contributed by atoms with Gasteiger partial charge in [0.15, 0.2) is 17.3 Å². The first-order valence-corrected chi connectivity index (χ1v) is 7.47. The second-order valence-corrected chi connectivity index (χ2v) is 5.38. The smallest absolute Gasteiger partial charge is 0.220 e. The molecule has 0 unspecified atom stereocenters. The number of hydrogen-bond donors (Lipinski definition) is 2. The zero-order valence-electron chi connectivity index (χ0n) is 12.7. The Kier molecular flexibility index (Phi) is 5.89. The predicted molar refractivity (Wildman–Crippen MR) is 80.6 cm³/mol. The summed E-state index contributed by atoms with van der Waals surface area (Å²) in [6.45, 7) is 1.75. The van der Waals surface area contributed by atoms with Gasteiger partial charge in [0.1, 0.15) is 0 Å². The lowest BCUT2D eigenvalue weighted by molar-refractivity contribution is -0.121. The van der Waals surface area contributed by atoms with Crippen LogP contribution in [0.1, 0.15) is 36.0 Å². The Hall–Kier alpha value is -1.95. The van der Waals surface area contributed by atoms with Crippen LogP contribution in [0.15, 0.2) is 18.2 Å². The van der Waals surface area contributed by atoms with Crippen LogP contribution >= 0.6 is 0 Å². The maximum absolute atomic E-state index is 13.6. The van der Waals surface area contributed by atoms with Crippen molar-refractivity contribution >= 4 is 11.7 Å². The van der Waals surface area contributed by atoms with Crippen LogP contribution in [0.5, 0.6) is 5.75 Å². The summed E-state index contributed by atoms with van der Waals surface area (Å²) in [5, 5.41) is 6.12. The molecule has 0 spiro atoms. The molecule has 1 heterocycles. The quantitative estimate of drug-likeness (QED) is 0.785. The van der Waals surface area contributed by atoms with E-state index in [1.54, 1.807) is 0 Å². The first-order valence-electron chi connectivity index (χ1n) is 7.47. The van der Waals surface area contributed by atoms with Gasteiger partial charge in [-0.3, -0.25) is 9.59 Å². The number of Topliss-reactive ketones (excluding diaryl/α,β-unsaturated/α-hetero) is 1. The van der Waals surface area contributed by atoms with Crippen LogP contribution in [-0.4, -0.2) is 37.9 Å². The molecule has 5 nitrogen and oxygen atoms in total. The van der Waals surface area contributed by atoms with E-state index in [9.17, 15) is 14.0 Å². The molecular formula is C16H21FN2O3. The summed E-state index contributed by atoms with van der Waals surface area (Å²) in [6, 6.07) is 4.20. The van der Waals surface area contributed by atoms with E-state index in [2.05, 4.69) is 10.6 Å². The van der Waals surface area contributed by atoms with Crippen LogP contribution in [0.25, 0.3) is 0 Å². The van der Waals surface area contributed by atoms with Gasteiger partial charge in [-0.25, -0.2) is 4.39 Å². The van der Waals surface area contributed by atoms with Crippen molar-refractivity contribution in [2.75, 3.05) is 20.2 Å². The summed E-state index contributed by atoms with van der Waals surface area (Å²) < 4.78 is 18.4. The standard InChI is InChI=1S/C16H21FN2O3/c1-22-15-6-4-11(9-13(15)17)14(20)5-7-16(21)19-12-3-2-8-18-10-12/h4,6,9,12,18H,2-3,5,7-8,10H2,1H3,(H,19,21)/t12-/m0/s1. The van der Waals surface area contributed by atoms with E-state index in [0.29, 0.717) is 0 Å². The molecule has 2 rings (SSSR count). The second-order valence-electron chi connectivity index (χ2n) is 5.38. The van der Waals surface area contributed by atoms with E-state index in [1.165, 1.54) is 19.2 Å². The Bertz CT molecular complexity index is 542. The summed E-state index contributed by atoms with van der Waals surface area (Å²) in [7, 11) is 1.37. The average molecular weight is 308 g/mol. The van der Waals surface area contributed by atoms with E-state index >= 15 is 0 Å². The molecule has 1 saturated heterocycles. The van der Waals surface area contributed by atoms with Crippen LogP contribution in [0.4, 0.5) is 4.39 Å². The Balaban J connectivity index is 1.81. The molecule has 6 heteroatoms. The minimum absolute atomic E-state index is 0.0672. The number of benzene rings is 1. The molecule has 0 saturated carbocycles. The van der Waals surface area contributed by atoms with Gasteiger partial charge in [0, 0.05) is 31.0 Å². The fourth-order valence-corrected chi connectivity index (χ4v) is 2.49. The van der Waals surface area contributed by atoms with Gasteiger partial charge in [-0.15, -0.1) is 0 Å². The summed E-state index contributed by atoms with van der Waals surface area (Å²) in [6.07, 6.45) is 2.17. The fourth-order valence-electron chi connectivity index (χ4n) is 2.49. The third-order valence-corrected chi connectivity index (χ3v) is 3.71. The molecule has 0 bridgehead atoms. The highest BCUT2D eigenvalue weighted by molar-refractivity contribution is 5.98. The minimum Gasteiger partial charge on any atom is -0.494 e. The number of piperidine rings is 1. The lowest BCUT2D eigenvalue weighted by Gasteiger charge is -2.23. The minimum atomic E-state index is -0.578. The maximum Gasteiger partial charge on any atom is 0.220 e. The Morgan fingerprint density at radius 1 is 1.41 bits per heavy atom. The highest BCUT2D eigenvalue weighted by Gasteiger charge is 2.17. The fraction of sp³-hybridized carbons (Fsp3) is 0.500. The number of methoxy groups -OCH3 is 1. The Labute approximate surface area is 129 Å². The van der Waals surface area contributed by atoms with Crippen LogP contribution in [0.3, 0.4) is 0 Å². The van der Waals surface area contributed by atoms with Crippen LogP contribution in [-0.2, 0) is 4.79 Å². The maximum atomic E-state index is 13.6. The van der Waals surface area contributed by atoms with Gasteiger partial charge in [-0.1, -0.05) is 0 Å². The third kappa shape index (κ3) is 4.53. The molecule has 22 heavy (non-hydrogen) atoms. The lowest BCUT2D eigenvalue weighted by atomic mass is 10.0. The second kappa shape index (κ2) is 7.89. The number of carbonyl (C=O) groups excluding carboxylic acids is 2. The van der Waals surface area contributed by atoms with Crippen molar-refractivity contribution in [2.24, 2.45) is 0 Å². The number of nitrogens with one attached hydrogen (secondary N) is 2. The van der Waals surface area contributed by atoms with Crippen molar-refractivity contribution in [2.45, 2.75) is 31.7 Å². The van der Waals surface area contributed by atoms with Crippen LogP contribution in [0.2, 0.25) is 0 Å². The highest BCUT2D eigenvalue weighted by Crippen LogP contribution is 2.18. The Morgan fingerprint density at radius 2 is 2.23 bits per heavy atom. The zero-order valence-corrected chi connectivity index (χ0v) is 12.7. The number of carbonyl (C=O) groups is 2. The predicted octanol–water partition coefficient (Wildman–Crippen LogP) is 1.67. The van der Waals surface area contributed by atoms with Crippen molar-refractivity contribution in [3.05, 3.63) is 29.6 Å². The van der Waals surface area contributed by atoms with Gasteiger partial charge in [0.2, 0.25) is 5.91 Å². The third-order valence-electron chi connectivity index (χ3n) is 3.71. The van der Waals surface area contributed by atoms with Gasteiger partial charge in [-0.2, -0.15) is 0 Å². The first-order chi connectivity index (χ1) is 10.6. The molecule has 0 aromatic heterocycles. The van der Waals surface area contributed by atoms with Gasteiger partial charge in [-0.05, 0) is 37.6 Å². The van der Waals surface area contributed by atoms with E-state index in [-0.39, 0.29) is 41.9 Å². The molecule has 0 radical (unpaired) electrons. The van der Waals surface area contributed by atoms with E-state index in [4.69, 9.17) is 4.74 Å². The molecule has 2 N–H and O–H groups in total. The molecule has 1 atom stereocenters. The summed E-state index contributed by atoms with van der Waals surface area (Å²) in [5.41, 5.74) is 0.255. The molecule has 1 aliphatic heterocycles.